The van der Waals surface area contributed by atoms with Gasteiger partial charge in [-0.25, -0.2) is 0 Å². The number of carbonyl (C=O) groups is 2. The van der Waals surface area contributed by atoms with Gasteiger partial charge in [0.1, 0.15) is 0 Å². The minimum absolute atomic E-state index is 0.147. The van der Waals surface area contributed by atoms with Crippen LogP contribution in [0.4, 0.5) is 0 Å². The highest BCUT2D eigenvalue weighted by Crippen LogP contribution is 2.33. The molecule has 0 aromatic rings. The first-order valence-corrected chi connectivity index (χ1v) is 6.32. The average molecular weight is 240 g/mol. The van der Waals surface area contributed by atoms with Crippen molar-refractivity contribution < 1.29 is 14.7 Å². The molecule has 17 heavy (non-hydrogen) atoms. The van der Waals surface area contributed by atoms with Crippen LogP contribution in [0.2, 0.25) is 0 Å². The number of amides is 1. The summed E-state index contributed by atoms with van der Waals surface area (Å²) in [6, 6.07) is 0. The predicted molar refractivity (Wildman–Crippen MR) is 62.5 cm³/mol. The van der Waals surface area contributed by atoms with E-state index in [0.29, 0.717) is 19.5 Å². The normalized spacial score (nSPS) is 33.0. The summed E-state index contributed by atoms with van der Waals surface area (Å²) < 4.78 is 0. The number of hydrogen-bond acceptors (Lipinski definition) is 3. The maximum absolute atomic E-state index is 12.5. The quantitative estimate of drug-likeness (QED) is 0.745. The minimum atomic E-state index is -0.782. The van der Waals surface area contributed by atoms with Gasteiger partial charge in [-0.2, -0.15) is 0 Å². The molecule has 0 spiro atoms. The first kappa shape index (κ1) is 12.4. The van der Waals surface area contributed by atoms with E-state index in [-0.39, 0.29) is 17.2 Å². The third kappa shape index (κ3) is 2.16. The maximum atomic E-state index is 12.5. The number of likely N-dealkylation sites (tertiary alicyclic amines) is 1. The third-order valence-electron chi connectivity index (χ3n) is 4.20. The van der Waals surface area contributed by atoms with Crippen LogP contribution in [0.3, 0.4) is 0 Å². The van der Waals surface area contributed by atoms with Crippen LogP contribution >= 0.6 is 0 Å². The monoisotopic (exact) mass is 240 g/mol. The van der Waals surface area contributed by atoms with Gasteiger partial charge in [0.15, 0.2) is 0 Å². The largest absolute Gasteiger partial charge is 0.481 e. The maximum Gasteiger partial charge on any atom is 0.308 e. The Morgan fingerprint density at radius 2 is 2.29 bits per heavy atom. The molecule has 0 aromatic carbocycles. The summed E-state index contributed by atoms with van der Waals surface area (Å²) in [5.41, 5.74) is -0.284. The Balaban J connectivity index is 2.03. The zero-order chi connectivity index (χ0) is 12.5. The van der Waals surface area contributed by atoms with Crippen molar-refractivity contribution in [3.05, 3.63) is 0 Å². The van der Waals surface area contributed by atoms with E-state index in [1.807, 2.05) is 6.92 Å². The van der Waals surface area contributed by atoms with Gasteiger partial charge in [0.05, 0.1) is 11.3 Å². The second kappa shape index (κ2) is 4.64. The summed E-state index contributed by atoms with van der Waals surface area (Å²) in [6.45, 7) is 4.63. The molecule has 0 aromatic heterocycles. The van der Waals surface area contributed by atoms with Crippen molar-refractivity contribution in [2.75, 3.05) is 26.2 Å². The van der Waals surface area contributed by atoms with E-state index in [1.54, 1.807) is 4.90 Å². The average Bonchev–Trinajstić information content (AvgIpc) is 2.98. The van der Waals surface area contributed by atoms with Crippen molar-refractivity contribution in [1.82, 2.24) is 10.2 Å². The van der Waals surface area contributed by atoms with Gasteiger partial charge < -0.3 is 15.3 Å². The van der Waals surface area contributed by atoms with Crippen molar-refractivity contribution in [3.63, 3.8) is 0 Å². The fraction of sp³-hybridized carbons (Fsp3) is 0.833. The molecular weight excluding hydrogens is 220 g/mol. The molecule has 2 saturated heterocycles. The van der Waals surface area contributed by atoms with Gasteiger partial charge >= 0.3 is 5.97 Å². The molecule has 1 amide bonds. The van der Waals surface area contributed by atoms with E-state index in [1.165, 1.54) is 0 Å². The van der Waals surface area contributed by atoms with Crippen molar-refractivity contribution in [3.8, 4) is 0 Å². The van der Waals surface area contributed by atoms with Crippen LogP contribution < -0.4 is 5.32 Å². The highest BCUT2D eigenvalue weighted by molar-refractivity contribution is 5.84. The van der Waals surface area contributed by atoms with Gasteiger partial charge in [-0.3, -0.25) is 9.59 Å². The number of rotatable bonds is 3. The number of carbonyl (C=O) groups excluding carboxylic acids is 1. The molecule has 0 aliphatic carbocycles. The van der Waals surface area contributed by atoms with Crippen LogP contribution in [0.15, 0.2) is 0 Å². The number of hydrogen-bond donors (Lipinski definition) is 2. The van der Waals surface area contributed by atoms with Crippen LogP contribution in [-0.2, 0) is 9.59 Å². The Kier molecular flexibility index (Phi) is 3.38. The molecule has 2 atom stereocenters. The van der Waals surface area contributed by atoms with E-state index in [2.05, 4.69) is 5.32 Å². The summed E-state index contributed by atoms with van der Waals surface area (Å²) in [7, 11) is 0. The summed E-state index contributed by atoms with van der Waals surface area (Å²) >= 11 is 0. The van der Waals surface area contributed by atoms with E-state index in [0.717, 1.165) is 25.9 Å². The van der Waals surface area contributed by atoms with Crippen molar-refractivity contribution >= 4 is 11.9 Å². The molecule has 2 unspecified atom stereocenters. The molecule has 0 bridgehead atoms. The van der Waals surface area contributed by atoms with Crippen molar-refractivity contribution in [2.45, 2.75) is 26.2 Å². The fourth-order valence-electron chi connectivity index (χ4n) is 2.86. The summed E-state index contributed by atoms with van der Waals surface area (Å²) in [6.07, 6.45) is 2.29. The van der Waals surface area contributed by atoms with Gasteiger partial charge in [-0.1, -0.05) is 6.92 Å². The Morgan fingerprint density at radius 1 is 1.53 bits per heavy atom. The van der Waals surface area contributed by atoms with Gasteiger partial charge in [-0.05, 0) is 25.8 Å². The second-order valence-electron chi connectivity index (χ2n) is 5.14. The number of carboxylic acids is 1. The highest BCUT2D eigenvalue weighted by Gasteiger charge is 2.44. The highest BCUT2D eigenvalue weighted by atomic mass is 16.4. The molecule has 2 aliphatic rings. The summed E-state index contributed by atoms with van der Waals surface area (Å²) in [5.74, 6) is -1.01. The topological polar surface area (TPSA) is 69.6 Å². The van der Waals surface area contributed by atoms with Crippen LogP contribution in [-0.4, -0.2) is 48.1 Å². The number of nitrogens with one attached hydrogen (secondary N) is 1. The van der Waals surface area contributed by atoms with E-state index in [4.69, 9.17) is 5.11 Å². The SMILES string of the molecule is CCC1(C(=O)N2CCC(C(=O)O)C2)CCNC1. The molecule has 5 heteroatoms. The molecule has 2 fully saturated rings. The van der Waals surface area contributed by atoms with Crippen LogP contribution in [0.5, 0.6) is 0 Å². The zero-order valence-corrected chi connectivity index (χ0v) is 10.2. The van der Waals surface area contributed by atoms with Gasteiger partial charge in [0, 0.05) is 19.6 Å². The lowest BCUT2D eigenvalue weighted by molar-refractivity contribution is -0.143. The van der Waals surface area contributed by atoms with Gasteiger partial charge in [0.2, 0.25) is 5.91 Å². The molecule has 0 radical (unpaired) electrons. The lowest BCUT2D eigenvalue weighted by Crippen LogP contribution is -2.44. The Bertz CT molecular complexity index is 324. The fourth-order valence-corrected chi connectivity index (χ4v) is 2.86. The van der Waals surface area contributed by atoms with Crippen LogP contribution in [0, 0.1) is 11.3 Å². The molecule has 2 heterocycles. The summed E-state index contributed by atoms with van der Waals surface area (Å²) in [4.78, 5) is 25.1. The minimum Gasteiger partial charge on any atom is -0.481 e. The molecule has 96 valence electrons. The molecule has 0 saturated carbocycles. The third-order valence-corrected chi connectivity index (χ3v) is 4.20. The van der Waals surface area contributed by atoms with E-state index in [9.17, 15) is 9.59 Å². The standard InChI is InChI=1S/C12H20N2O3/c1-2-12(4-5-13-8-12)11(17)14-6-3-9(7-14)10(15)16/h9,13H,2-8H2,1H3,(H,15,16). The predicted octanol–water partition coefficient (Wildman–Crippen LogP) is 0.309. The van der Waals surface area contributed by atoms with Crippen LogP contribution in [0.25, 0.3) is 0 Å². The molecular formula is C12H20N2O3. The first-order chi connectivity index (χ1) is 8.09. The van der Waals surface area contributed by atoms with Gasteiger partial charge in [0.25, 0.3) is 0 Å². The molecule has 5 nitrogen and oxygen atoms in total. The number of aliphatic carboxylic acids is 1. The lowest BCUT2D eigenvalue weighted by Gasteiger charge is -2.30. The number of nitrogens with zero attached hydrogens (tertiary/aromatic N) is 1. The van der Waals surface area contributed by atoms with Crippen molar-refractivity contribution in [2.24, 2.45) is 11.3 Å². The molecule has 2 aliphatic heterocycles. The lowest BCUT2D eigenvalue weighted by atomic mass is 9.83. The Morgan fingerprint density at radius 3 is 2.76 bits per heavy atom. The van der Waals surface area contributed by atoms with Crippen LogP contribution in [0.1, 0.15) is 26.2 Å². The van der Waals surface area contributed by atoms with Crippen molar-refractivity contribution in [1.29, 1.82) is 0 Å². The van der Waals surface area contributed by atoms with Gasteiger partial charge in [-0.15, -0.1) is 0 Å². The Hall–Kier alpha value is -1.10. The first-order valence-electron chi connectivity index (χ1n) is 6.32. The molecule has 2 rings (SSSR count). The van der Waals surface area contributed by atoms with E-state index < -0.39 is 5.97 Å². The zero-order valence-electron chi connectivity index (χ0n) is 10.2. The smallest absolute Gasteiger partial charge is 0.308 e. The Labute approximate surface area is 101 Å². The second-order valence-corrected chi connectivity index (χ2v) is 5.14. The van der Waals surface area contributed by atoms with E-state index >= 15 is 0 Å². The number of carboxylic acid groups (broad SMARTS) is 1. The molecule has 2 N–H and O–H groups in total. The summed E-state index contributed by atoms with van der Waals surface area (Å²) in [5, 5.41) is 12.2.